The molecule has 1 saturated heterocycles. The number of rotatable bonds is 6. The molecule has 0 N–H and O–H groups in total. The Balaban J connectivity index is 1.23. The van der Waals surface area contributed by atoms with Crippen molar-refractivity contribution in [3.05, 3.63) is 95.6 Å². The van der Waals surface area contributed by atoms with Crippen molar-refractivity contribution in [1.29, 1.82) is 0 Å². The Labute approximate surface area is 200 Å². The van der Waals surface area contributed by atoms with Crippen molar-refractivity contribution < 1.29 is 28.7 Å². The van der Waals surface area contributed by atoms with Crippen molar-refractivity contribution in [2.24, 2.45) is 5.92 Å². The van der Waals surface area contributed by atoms with Crippen LogP contribution in [-0.4, -0.2) is 42.6 Å². The molecule has 8 heteroatoms. The molecule has 3 amide bonds. The maximum atomic E-state index is 12.7. The summed E-state index contributed by atoms with van der Waals surface area (Å²) in [5.74, 6) is -2.67. The molecule has 3 aromatic carbocycles. The molecule has 35 heavy (non-hydrogen) atoms. The SMILES string of the molecule is O=C(COC(=O)[C@H]1CC(=O)N(c2ccc(N3C(=O)c4ccccc4C3=O)cc2)C1)c1ccccc1. The number of hydrogen-bond acceptors (Lipinski definition) is 6. The Kier molecular flexibility index (Phi) is 5.70. The fourth-order valence-electron chi connectivity index (χ4n) is 4.28. The molecule has 0 aliphatic carbocycles. The van der Waals surface area contributed by atoms with Gasteiger partial charge in [-0.15, -0.1) is 0 Å². The van der Waals surface area contributed by atoms with E-state index in [2.05, 4.69) is 0 Å². The summed E-state index contributed by atoms with van der Waals surface area (Å²) in [6.07, 6.45) is -0.0292. The van der Waals surface area contributed by atoms with Gasteiger partial charge in [-0.3, -0.25) is 24.0 Å². The zero-order valence-corrected chi connectivity index (χ0v) is 18.5. The van der Waals surface area contributed by atoms with Crippen LogP contribution in [-0.2, 0) is 14.3 Å². The minimum atomic E-state index is -0.693. The van der Waals surface area contributed by atoms with Crippen LogP contribution in [0.25, 0.3) is 0 Å². The highest BCUT2D eigenvalue weighted by Gasteiger charge is 2.38. The van der Waals surface area contributed by atoms with Crippen LogP contribution >= 0.6 is 0 Å². The van der Waals surface area contributed by atoms with Gasteiger partial charge in [-0.25, -0.2) is 4.90 Å². The normalized spacial score (nSPS) is 17.0. The van der Waals surface area contributed by atoms with E-state index in [9.17, 15) is 24.0 Å². The average molecular weight is 468 g/mol. The average Bonchev–Trinajstić information content (AvgIpc) is 3.40. The highest BCUT2D eigenvalue weighted by molar-refractivity contribution is 6.34. The molecule has 2 aliphatic heterocycles. The van der Waals surface area contributed by atoms with Crippen LogP contribution in [0.2, 0.25) is 0 Å². The zero-order valence-electron chi connectivity index (χ0n) is 18.5. The molecule has 0 saturated carbocycles. The summed E-state index contributed by atoms with van der Waals surface area (Å²) < 4.78 is 5.17. The predicted octanol–water partition coefficient (Wildman–Crippen LogP) is 3.27. The van der Waals surface area contributed by atoms with Crippen molar-refractivity contribution in [3.8, 4) is 0 Å². The third-order valence-electron chi connectivity index (χ3n) is 6.11. The molecule has 0 aromatic heterocycles. The van der Waals surface area contributed by atoms with Gasteiger partial charge in [0.2, 0.25) is 5.91 Å². The van der Waals surface area contributed by atoms with Gasteiger partial charge >= 0.3 is 5.97 Å². The van der Waals surface area contributed by atoms with Crippen molar-refractivity contribution in [2.45, 2.75) is 6.42 Å². The first kappa shape index (κ1) is 22.2. The van der Waals surface area contributed by atoms with Gasteiger partial charge in [0.05, 0.1) is 22.7 Å². The van der Waals surface area contributed by atoms with Gasteiger partial charge < -0.3 is 9.64 Å². The second-order valence-corrected chi connectivity index (χ2v) is 8.31. The topological polar surface area (TPSA) is 101 Å². The number of amides is 3. The summed E-state index contributed by atoms with van der Waals surface area (Å²) in [6, 6.07) is 21.6. The van der Waals surface area contributed by atoms with Crippen LogP contribution in [0.4, 0.5) is 11.4 Å². The monoisotopic (exact) mass is 468 g/mol. The summed E-state index contributed by atoms with van der Waals surface area (Å²) in [5.41, 5.74) is 2.07. The molecule has 0 bridgehead atoms. The van der Waals surface area contributed by atoms with Crippen LogP contribution in [0.5, 0.6) is 0 Å². The van der Waals surface area contributed by atoms with E-state index in [-0.39, 0.29) is 31.3 Å². The number of carbonyl (C=O) groups is 5. The lowest BCUT2D eigenvalue weighted by molar-refractivity contribution is -0.147. The number of anilines is 2. The summed E-state index contributed by atoms with van der Waals surface area (Å²) in [7, 11) is 0. The summed E-state index contributed by atoms with van der Waals surface area (Å²) in [4.78, 5) is 65.1. The first-order chi connectivity index (χ1) is 16.9. The number of ketones is 1. The molecular formula is C27H20N2O6. The number of imide groups is 1. The maximum absolute atomic E-state index is 12.7. The van der Waals surface area contributed by atoms with Crippen LogP contribution < -0.4 is 9.80 Å². The minimum absolute atomic E-state index is 0.0292. The maximum Gasteiger partial charge on any atom is 0.311 e. The van der Waals surface area contributed by atoms with E-state index in [1.807, 2.05) is 0 Å². The lowest BCUT2D eigenvalue weighted by Crippen LogP contribution is -2.30. The summed E-state index contributed by atoms with van der Waals surface area (Å²) in [5, 5.41) is 0. The Hall–Kier alpha value is -4.59. The van der Waals surface area contributed by atoms with Crippen molar-refractivity contribution in [1.82, 2.24) is 0 Å². The van der Waals surface area contributed by atoms with Crippen molar-refractivity contribution >= 4 is 40.8 Å². The van der Waals surface area contributed by atoms with E-state index < -0.39 is 23.7 Å². The Morgan fingerprint density at radius 1 is 0.771 bits per heavy atom. The molecule has 3 aromatic rings. The number of ether oxygens (including phenoxy) is 1. The van der Waals surface area contributed by atoms with Gasteiger partial charge in [-0.2, -0.15) is 0 Å². The van der Waals surface area contributed by atoms with Crippen LogP contribution in [0, 0.1) is 5.92 Å². The van der Waals surface area contributed by atoms with Gasteiger partial charge in [-0.05, 0) is 36.4 Å². The first-order valence-corrected chi connectivity index (χ1v) is 11.1. The highest BCUT2D eigenvalue weighted by atomic mass is 16.5. The Morgan fingerprint density at radius 3 is 1.97 bits per heavy atom. The molecule has 0 unspecified atom stereocenters. The molecule has 0 spiro atoms. The Morgan fingerprint density at radius 2 is 1.34 bits per heavy atom. The largest absolute Gasteiger partial charge is 0.457 e. The summed E-state index contributed by atoms with van der Waals surface area (Å²) in [6.45, 7) is -0.272. The quantitative estimate of drug-likeness (QED) is 0.313. The Bertz CT molecular complexity index is 1310. The van der Waals surface area contributed by atoms with E-state index in [1.165, 1.54) is 4.90 Å². The molecule has 0 radical (unpaired) electrons. The van der Waals surface area contributed by atoms with E-state index >= 15 is 0 Å². The number of benzene rings is 3. The first-order valence-electron chi connectivity index (χ1n) is 11.1. The van der Waals surface area contributed by atoms with Gasteiger partial charge in [0.1, 0.15) is 0 Å². The van der Waals surface area contributed by atoms with Gasteiger partial charge in [0.15, 0.2) is 12.4 Å². The number of carbonyl (C=O) groups excluding carboxylic acids is 5. The van der Waals surface area contributed by atoms with Crippen LogP contribution in [0.15, 0.2) is 78.9 Å². The molecule has 2 heterocycles. The van der Waals surface area contributed by atoms with Gasteiger partial charge in [0, 0.05) is 24.2 Å². The molecule has 2 aliphatic rings. The lowest BCUT2D eigenvalue weighted by Gasteiger charge is -2.19. The zero-order chi connectivity index (χ0) is 24.5. The third-order valence-corrected chi connectivity index (χ3v) is 6.11. The summed E-state index contributed by atoms with van der Waals surface area (Å²) >= 11 is 0. The van der Waals surface area contributed by atoms with E-state index in [4.69, 9.17) is 4.74 Å². The van der Waals surface area contributed by atoms with Crippen molar-refractivity contribution in [2.75, 3.05) is 23.0 Å². The van der Waals surface area contributed by atoms with Crippen LogP contribution in [0.1, 0.15) is 37.5 Å². The molecular weight excluding hydrogens is 448 g/mol. The number of esters is 1. The number of hydrogen-bond donors (Lipinski definition) is 0. The molecule has 1 atom stereocenters. The number of nitrogens with zero attached hydrogens (tertiary/aromatic N) is 2. The van der Waals surface area contributed by atoms with Gasteiger partial charge in [0.25, 0.3) is 11.8 Å². The van der Waals surface area contributed by atoms with E-state index in [1.54, 1.807) is 78.9 Å². The van der Waals surface area contributed by atoms with Crippen LogP contribution in [0.3, 0.4) is 0 Å². The minimum Gasteiger partial charge on any atom is -0.457 e. The van der Waals surface area contributed by atoms with Crippen molar-refractivity contribution in [3.63, 3.8) is 0 Å². The fourth-order valence-corrected chi connectivity index (χ4v) is 4.28. The molecule has 1 fully saturated rings. The molecule has 8 nitrogen and oxygen atoms in total. The van der Waals surface area contributed by atoms with E-state index in [0.717, 1.165) is 4.90 Å². The number of Topliss-reactive ketones (excluding diaryl/α,β-unsaturated/α-hetero) is 1. The predicted molar refractivity (Wildman–Crippen MR) is 126 cm³/mol. The lowest BCUT2D eigenvalue weighted by atomic mass is 10.1. The molecule has 5 rings (SSSR count). The smallest absolute Gasteiger partial charge is 0.311 e. The standard InChI is InChI=1S/C27H20N2O6/c30-23(17-6-2-1-3-7-17)16-35-27(34)18-14-24(31)28(15-18)19-10-12-20(13-11-19)29-25(32)21-8-4-5-9-22(21)26(29)33/h1-13,18H,14-16H2/t18-/m0/s1. The van der Waals surface area contributed by atoms with E-state index in [0.29, 0.717) is 28.1 Å². The second-order valence-electron chi connectivity index (χ2n) is 8.31. The molecule has 174 valence electrons. The number of fused-ring (bicyclic) bond motifs is 1. The van der Waals surface area contributed by atoms with Gasteiger partial charge in [-0.1, -0.05) is 42.5 Å². The highest BCUT2D eigenvalue weighted by Crippen LogP contribution is 2.31. The third kappa shape index (κ3) is 4.10. The fraction of sp³-hybridized carbons (Fsp3) is 0.148. The second kappa shape index (κ2) is 8.98.